The highest BCUT2D eigenvalue weighted by atomic mass is 32.1. The van der Waals surface area contributed by atoms with Crippen LogP contribution in [0.1, 0.15) is 19.0 Å². The largest absolute Gasteiger partial charge is 0.417 e. The number of benzene rings is 1. The van der Waals surface area contributed by atoms with E-state index in [0.29, 0.717) is 23.2 Å². The maximum Gasteiger partial charge on any atom is 0.417 e. The van der Waals surface area contributed by atoms with Gasteiger partial charge in [-0.2, -0.15) is 13.2 Å². The van der Waals surface area contributed by atoms with Crippen LogP contribution in [0.25, 0.3) is 10.6 Å². The van der Waals surface area contributed by atoms with Crippen molar-refractivity contribution in [2.24, 2.45) is 0 Å². The number of alkyl halides is 3. The van der Waals surface area contributed by atoms with Crippen molar-refractivity contribution in [3.8, 4) is 10.6 Å². The van der Waals surface area contributed by atoms with Gasteiger partial charge in [-0.1, -0.05) is 0 Å². The molecule has 0 saturated heterocycles. The molecule has 146 valence electrons. The standard InChI is InChI=1S/C16H15F4N3O3S/c1-15(26,16(18,19)20)7-13(25)23-22-12(24)6-11-8-27-14(21-11)9-2-4-10(17)5-3-9/h2-5,8,26H,6-7H2,1H3,(H,22,24)(H,23,25). The van der Waals surface area contributed by atoms with Crippen LogP contribution >= 0.6 is 11.3 Å². The molecule has 1 aromatic heterocycles. The Morgan fingerprint density at radius 1 is 1.15 bits per heavy atom. The van der Waals surface area contributed by atoms with Gasteiger partial charge in [-0.3, -0.25) is 20.4 Å². The third kappa shape index (κ3) is 5.73. The highest BCUT2D eigenvalue weighted by Gasteiger charge is 2.51. The van der Waals surface area contributed by atoms with Crippen LogP contribution < -0.4 is 10.9 Å². The van der Waals surface area contributed by atoms with E-state index >= 15 is 0 Å². The zero-order valence-electron chi connectivity index (χ0n) is 13.9. The van der Waals surface area contributed by atoms with Gasteiger partial charge in [0.15, 0.2) is 5.60 Å². The third-order valence-electron chi connectivity index (χ3n) is 3.44. The lowest BCUT2D eigenvalue weighted by Gasteiger charge is -2.25. The van der Waals surface area contributed by atoms with Crippen molar-refractivity contribution in [3.63, 3.8) is 0 Å². The summed E-state index contributed by atoms with van der Waals surface area (Å²) in [6.07, 6.45) is -6.47. The molecule has 1 atom stereocenters. The Balaban J connectivity index is 1.86. The van der Waals surface area contributed by atoms with Crippen LogP contribution in [-0.4, -0.2) is 33.7 Å². The molecule has 1 unspecified atom stereocenters. The molecule has 0 bridgehead atoms. The zero-order chi connectivity index (χ0) is 20.2. The van der Waals surface area contributed by atoms with Crippen LogP contribution in [0.3, 0.4) is 0 Å². The monoisotopic (exact) mass is 405 g/mol. The maximum atomic E-state index is 12.9. The Morgan fingerprint density at radius 3 is 2.33 bits per heavy atom. The molecule has 1 aromatic carbocycles. The summed E-state index contributed by atoms with van der Waals surface area (Å²) >= 11 is 1.23. The fourth-order valence-corrected chi connectivity index (χ4v) is 2.74. The third-order valence-corrected chi connectivity index (χ3v) is 4.38. The number of carbonyl (C=O) groups is 2. The number of hydrazine groups is 1. The molecule has 0 aliphatic heterocycles. The van der Waals surface area contributed by atoms with Gasteiger partial charge in [0.1, 0.15) is 10.8 Å². The summed E-state index contributed by atoms with van der Waals surface area (Å²) in [5.74, 6) is -2.29. The molecule has 27 heavy (non-hydrogen) atoms. The topological polar surface area (TPSA) is 91.3 Å². The van der Waals surface area contributed by atoms with Crippen molar-refractivity contribution < 1.29 is 32.3 Å². The van der Waals surface area contributed by atoms with Crippen molar-refractivity contribution in [1.29, 1.82) is 0 Å². The van der Waals surface area contributed by atoms with Crippen LogP contribution in [0.2, 0.25) is 0 Å². The molecule has 6 nitrogen and oxygen atoms in total. The Hall–Kier alpha value is -2.53. The van der Waals surface area contributed by atoms with Gasteiger partial charge < -0.3 is 5.11 Å². The van der Waals surface area contributed by atoms with Crippen molar-refractivity contribution >= 4 is 23.2 Å². The highest BCUT2D eigenvalue weighted by Crippen LogP contribution is 2.32. The molecule has 11 heteroatoms. The van der Waals surface area contributed by atoms with E-state index in [2.05, 4.69) is 4.98 Å². The number of carbonyl (C=O) groups excluding carboxylic acids is 2. The van der Waals surface area contributed by atoms with Crippen LogP contribution in [-0.2, 0) is 16.0 Å². The lowest BCUT2D eigenvalue weighted by molar-refractivity contribution is -0.253. The first kappa shape index (κ1) is 20.8. The van der Waals surface area contributed by atoms with E-state index in [9.17, 15) is 32.3 Å². The molecule has 3 N–H and O–H groups in total. The molecule has 0 spiro atoms. The second-order valence-electron chi connectivity index (χ2n) is 5.87. The van der Waals surface area contributed by atoms with E-state index in [0.717, 1.165) is 0 Å². The van der Waals surface area contributed by atoms with Gasteiger partial charge in [0, 0.05) is 10.9 Å². The fraction of sp³-hybridized carbons (Fsp3) is 0.312. The molecule has 2 aromatic rings. The van der Waals surface area contributed by atoms with E-state index in [1.54, 1.807) is 5.38 Å². The lowest BCUT2D eigenvalue weighted by Crippen LogP contribution is -2.49. The summed E-state index contributed by atoms with van der Waals surface area (Å²) in [4.78, 5) is 27.4. The SMILES string of the molecule is CC(O)(CC(=O)NNC(=O)Cc1csc(-c2ccc(F)cc2)n1)C(F)(F)F. The molecule has 0 fully saturated rings. The minimum Gasteiger partial charge on any atom is -0.380 e. The maximum absolute atomic E-state index is 12.9. The van der Waals surface area contributed by atoms with Crippen LogP contribution in [0.5, 0.6) is 0 Å². The molecule has 2 amide bonds. The minimum atomic E-state index is -4.98. The molecule has 0 aliphatic carbocycles. The number of nitrogens with zero attached hydrogens (tertiary/aromatic N) is 1. The Morgan fingerprint density at radius 2 is 1.74 bits per heavy atom. The van der Waals surface area contributed by atoms with E-state index in [1.807, 2.05) is 10.9 Å². The molecule has 0 aliphatic rings. The number of amides is 2. The number of aromatic nitrogens is 1. The molecule has 1 heterocycles. The molecular weight excluding hydrogens is 390 g/mol. The van der Waals surface area contributed by atoms with Gasteiger partial charge in [0.2, 0.25) is 11.8 Å². The second-order valence-corrected chi connectivity index (χ2v) is 6.73. The molecular formula is C16H15F4N3O3S. The molecule has 0 radical (unpaired) electrons. The summed E-state index contributed by atoms with van der Waals surface area (Å²) in [5.41, 5.74) is 1.59. The normalized spacial score (nSPS) is 13.7. The summed E-state index contributed by atoms with van der Waals surface area (Å²) in [5, 5.41) is 11.4. The zero-order valence-corrected chi connectivity index (χ0v) is 14.7. The number of halogens is 4. The summed E-state index contributed by atoms with van der Waals surface area (Å²) < 4.78 is 50.4. The predicted molar refractivity (Wildman–Crippen MR) is 88.8 cm³/mol. The first-order valence-electron chi connectivity index (χ1n) is 7.55. The summed E-state index contributed by atoms with van der Waals surface area (Å²) in [7, 11) is 0. The van der Waals surface area contributed by atoms with Gasteiger partial charge in [0.25, 0.3) is 0 Å². The van der Waals surface area contributed by atoms with E-state index in [4.69, 9.17) is 0 Å². The van der Waals surface area contributed by atoms with Crippen molar-refractivity contribution in [3.05, 3.63) is 41.2 Å². The van der Waals surface area contributed by atoms with Crippen molar-refractivity contribution in [2.45, 2.75) is 31.5 Å². The lowest BCUT2D eigenvalue weighted by atomic mass is 10.0. The predicted octanol–water partition coefficient (Wildman–Crippen LogP) is 2.34. The van der Waals surface area contributed by atoms with Gasteiger partial charge in [-0.05, 0) is 31.2 Å². The summed E-state index contributed by atoms with van der Waals surface area (Å²) in [6, 6.07) is 5.61. The van der Waals surface area contributed by atoms with Crippen LogP contribution in [0, 0.1) is 5.82 Å². The van der Waals surface area contributed by atoms with E-state index < -0.39 is 35.8 Å². The number of aliphatic hydroxyl groups is 1. The first-order chi connectivity index (χ1) is 12.5. The van der Waals surface area contributed by atoms with Crippen molar-refractivity contribution in [1.82, 2.24) is 15.8 Å². The average Bonchev–Trinajstić information content (AvgIpc) is 3.00. The van der Waals surface area contributed by atoms with Gasteiger partial charge >= 0.3 is 6.18 Å². The fourth-order valence-electron chi connectivity index (χ4n) is 1.92. The number of nitrogens with one attached hydrogen (secondary N) is 2. The number of thiazole rings is 1. The van der Waals surface area contributed by atoms with Gasteiger partial charge in [-0.25, -0.2) is 9.37 Å². The smallest absolute Gasteiger partial charge is 0.380 e. The van der Waals surface area contributed by atoms with E-state index in [-0.39, 0.29) is 6.42 Å². The van der Waals surface area contributed by atoms with Gasteiger partial charge in [-0.15, -0.1) is 11.3 Å². The number of hydrogen-bond donors (Lipinski definition) is 3. The minimum absolute atomic E-state index is 0.229. The second kappa shape index (κ2) is 8.01. The van der Waals surface area contributed by atoms with E-state index in [1.165, 1.54) is 35.6 Å². The Bertz CT molecular complexity index is 819. The number of hydrogen-bond acceptors (Lipinski definition) is 5. The van der Waals surface area contributed by atoms with Gasteiger partial charge in [0.05, 0.1) is 18.5 Å². The highest BCUT2D eigenvalue weighted by molar-refractivity contribution is 7.13. The quantitative estimate of drug-likeness (QED) is 0.526. The van der Waals surface area contributed by atoms with Crippen LogP contribution in [0.15, 0.2) is 29.6 Å². The molecule has 0 saturated carbocycles. The number of rotatable bonds is 5. The Labute approximate surface area is 155 Å². The summed E-state index contributed by atoms with van der Waals surface area (Å²) in [6.45, 7) is 0.459. The first-order valence-corrected chi connectivity index (χ1v) is 8.43. The molecule has 2 rings (SSSR count). The average molecular weight is 405 g/mol. The Kier molecular flexibility index (Phi) is 6.16. The van der Waals surface area contributed by atoms with Crippen molar-refractivity contribution in [2.75, 3.05) is 0 Å². The van der Waals surface area contributed by atoms with Crippen LogP contribution in [0.4, 0.5) is 17.6 Å².